The summed E-state index contributed by atoms with van der Waals surface area (Å²) in [5, 5.41) is 11.4. The summed E-state index contributed by atoms with van der Waals surface area (Å²) in [6.07, 6.45) is 1.47. The second-order valence-corrected chi connectivity index (χ2v) is 3.05. The van der Waals surface area contributed by atoms with Crippen LogP contribution in [0, 0.1) is 28.8 Å². The molecule has 1 atom stereocenters. The van der Waals surface area contributed by atoms with Gasteiger partial charge in [0.15, 0.2) is 11.6 Å². The maximum Gasteiger partial charge on any atom is 0.161 e. The molecule has 0 bridgehead atoms. The average Bonchev–Trinajstić information content (AvgIpc) is 2.26. The molecule has 1 N–H and O–H groups in total. The van der Waals surface area contributed by atoms with E-state index in [1.165, 1.54) is 6.08 Å². The van der Waals surface area contributed by atoms with Crippen molar-refractivity contribution in [2.75, 3.05) is 6.54 Å². The number of halogens is 3. The predicted molar refractivity (Wildman–Crippen MR) is 52.9 cm³/mol. The minimum absolute atomic E-state index is 0.219. The van der Waals surface area contributed by atoms with Gasteiger partial charge < -0.3 is 0 Å². The van der Waals surface area contributed by atoms with Crippen LogP contribution in [0.1, 0.15) is 11.6 Å². The van der Waals surface area contributed by atoms with Crippen molar-refractivity contribution in [2.24, 2.45) is 0 Å². The summed E-state index contributed by atoms with van der Waals surface area (Å²) < 4.78 is 38.8. The van der Waals surface area contributed by atoms with Gasteiger partial charge in [-0.05, 0) is 6.07 Å². The molecule has 0 saturated carbocycles. The van der Waals surface area contributed by atoms with Gasteiger partial charge in [-0.25, -0.2) is 13.2 Å². The first kappa shape index (κ1) is 12.3. The van der Waals surface area contributed by atoms with Crippen molar-refractivity contribution in [3.05, 3.63) is 47.8 Å². The largest absolute Gasteiger partial charge is 0.295 e. The van der Waals surface area contributed by atoms with Crippen molar-refractivity contribution in [1.82, 2.24) is 5.32 Å². The third kappa shape index (κ3) is 2.61. The number of rotatable bonds is 4. The molecule has 16 heavy (non-hydrogen) atoms. The van der Waals surface area contributed by atoms with Gasteiger partial charge in [-0.2, -0.15) is 5.26 Å². The van der Waals surface area contributed by atoms with Crippen molar-refractivity contribution in [3.63, 3.8) is 0 Å². The zero-order valence-corrected chi connectivity index (χ0v) is 8.30. The molecule has 1 rings (SSSR count). The van der Waals surface area contributed by atoms with Crippen molar-refractivity contribution in [1.29, 1.82) is 5.26 Å². The lowest BCUT2D eigenvalue weighted by Crippen LogP contribution is -2.21. The van der Waals surface area contributed by atoms with Crippen molar-refractivity contribution >= 4 is 0 Å². The normalized spacial score (nSPS) is 11.9. The lowest BCUT2D eigenvalue weighted by molar-refractivity contribution is 0.484. The third-order valence-electron chi connectivity index (χ3n) is 1.95. The Morgan fingerprint density at radius 2 is 1.94 bits per heavy atom. The van der Waals surface area contributed by atoms with Crippen LogP contribution in [0.4, 0.5) is 13.2 Å². The predicted octanol–water partition coefficient (Wildman–Crippen LogP) is 2.44. The summed E-state index contributed by atoms with van der Waals surface area (Å²) in [5.41, 5.74) is -0.219. The van der Waals surface area contributed by atoms with Gasteiger partial charge in [0, 0.05) is 18.2 Å². The minimum atomic E-state index is -1.28. The maximum atomic E-state index is 13.3. The summed E-state index contributed by atoms with van der Waals surface area (Å²) in [4.78, 5) is 0. The highest BCUT2D eigenvalue weighted by atomic mass is 19.2. The SMILES string of the molecule is C=CCNC(C#N)c1cc(F)c(F)cc1F. The monoisotopic (exact) mass is 226 g/mol. The molecule has 1 aromatic rings. The Kier molecular flexibility index (Phi) is 4.09. The molecule has 0 heterocycles. The molecule has 0 aromatic heterocycles. The molecule has 0 spiro atoms. The van der Waals surface area contributed by atoms with Crippen LogP contribution >= 0.6 is 0 Å². The molecular weight excluding hydrogens is 217 g/mol. The van der Waals surface area contributed by atoms with Crippen molar-refractivity contribution in [2.45, 2.75) is 6.04 Å². The molecule has 5 heteroatoms. The quantitative estimate of drug-likeness (QED) is 0.632. The molecule has 0 saturated heterocycles. The van der Waals surface area contributed by atoms with Crippen molar-refractivity contribution in [3.8, 4) is 6.07 Å². The van der Waals surface area contributed by atoms with E-state index in [1.807, 2.05) is 0 Å². The Labute approximate surface area is 91.0 Å². The maximum absolute atomic E-state index is 13.3. The van der Waals surface area contributed by atoms with Gasteiger partial charge in [0.2, 0.25) is 0 Å². The number of nitriles is 1. The lowest BCUT2D eigenvalue weighted by Gasteiger charge is -2.11. The highest BCUT2D eigenvalue weighted by molar-refractivity contribution is 5.27. The Balaban J connectivity index is 3.06. The lowest BCUT2D eigenvalue weighted by atomic mass is 10.1. The minimum Gasteiger partial charge on any atom is -0.295 e. The molecule has 0 amide bonds. The number of hydrogen-bond donors (Lipinski definition) is 1. The van der Waals surface area contributed by atoms with Crippen LogP contribution in [0.15, 0.2) is 24.8 Å². The summed E-state index contributed by atoms with van der Waals surface area (Å²) >= 11 is 0. The van der Waals surface area contributed by atoms with E-state index in [-0.39, 0.29) is 12.1 Å². The average molecular weight is 226 g/mol. The van der Waals surface area contributed by atoms with Crippen LogP contribution in [-0.4, -0.2) is 6.54 Å². The Morgan fingerprint density at radius 1 is 1.31 bits per heavy atom. The van der Waals surface area contributed by atoms with Gasteiger partial charge in [-0.15, -0.1) is 6.58 Å². The fourth-order valence-corrected chi connectivity index (χ4v) is 1.19. The smallest absolute Gasteiger partial charge is 0.161 e. The van der Waals surface area contributed by atoms with E-state index in [2.05, 4.69) is 11.9 Å². The standard InChI is InChI=1S/C11H9F3N2/c1-2-3-16-11(6-15)7-4-9(13)10(14)5-8(7)12/h2,4-5,11,16H,1,3H2. The van der Waals surface area contributed by atoms with Crippen LogP contribution < -0.4 is 5.32 Å². The van der Waals surface area contributed by atoms with E-state index in [0.29, 0.717) is 12.1 Å². The fraction of sp³-hybridized carbons (Fsp3) is 0.182. The van der Waals surface area contributed by atoms with E-state index >= 15 is 0 Å². The molecule has 1 unspecified atom stereocenters. The fourth-order valence-electron chi connectivity index (χ4n) is 1.19. The Morgan fingerprint density at radius 3 is 2.50 bits per heavy atom. The number of nitrogens with zero attached hydrogens (tertiary/aromatic N) is 1. The zero-order valence-electron chi connectivity index (χ0n) is 8.30. The van der Waals surface area contributed by atoms with Gasteiger partial charge in [-0.3, -0.25) is 5.32 Å². The van der Waals surface area contributed by atoms with E-state index in [1.54, 1.807) is 6.07 Å². The zero-order chi connectivity index (χ0) is 12.1. The van der Waals surface area contributed by atoms with Crippen LogP contribution in [0.5, 0.6) is 0 Å². The summed E-state index contributed by atoms with van der Waals surface area (Å²) in [5.74, 6) is -3.42. The number of nitrogens with one attached hydrogen (secondary N) is 1. The highest BCUT2D eigenvalue weighted by Gasteiger charge is 2.17. The molecule has 2 nitrogen and oxygen atoms in total. The Hall–Kier alpha value is -1.80. The first-order chi connectivity index (χ1) is 7.60. The van der Waals surface area contributed by atoms with Gasteiger partial charge >= 0.3 is 0 Å². The van der Waals surface area contributed by atoms with E-state index in [4.69, 9.17) is 5.26 Å². The van der Waals surface area contributed by atoms with E-state index in [0.717, 1.165) is 0 Å². The molecule has 0 aliphatic carbocycles. The van der Waals surface area contributed by atoms with Crippen molar-refractivity contribution < 1.29 is 13.2 Å². The third-order valence-corrected chi connectivity index (χ3v) is 1.95. The van der Waals surface area contributed by atoms with Crippen LogP contribution in [-0.2, 0) is 0 Å². The van der Waals surface area contributed by atoms with E-state index < -0.39 is 23.5 Å². The first-order valence-electron chi connectivity index (χ1n) is 4.48. The molecular formula is C11H9F3N2. The van der Waals surface area contributed by atoms with Gasteiger partial charge in [0.25, 0.3) is 0 Å². The molecule has 0 fully saturated rings. The topological polar surface area (TPSA) is 35.8 Å². The molecule has 0 aliphatic heterocycles. The van der Waals surface area contributed by atoms with Gasteiger partial charge in [0.05, 0.1) is 6.07 Å². The second kappa shape index (κ2) is 5.33. The molecule has 0 radical (unpaired) electrons. The molecule has 1 aromatic carbocycles. The first-order valence-corrected chi connectivity index (χ1v) is 4.48. The van der Waals surface area contributed by atoms with Crippen LogP contribution in [0.25, 0.3) is 0 Å². The van der Waals surface area contributed by atoms with E-state index in [9.17, 15) is 13.2 Å². The molecule has 84 valence electrons. The highest BCUT2D eigenvalue weighted by Crippen LogP contribution is 2.19. The summed E-state index contributed by atoms with van der Waals surface area (Å²) in [7, 11) is 0. The summed E-state index contributed by atoms with van der Waals surface area (Å²) in [6.45, 7) is 3.68. The van der Waals surface area contributed by atoms with Gasteiger partial charge in [0.1, 0.15) is 11.9 Å². The van der Waals surface area contributed by atoms with Gasteiger partial charge in [-0.1, -0.05) is 6.08 Å². The summed E-state index contributed by atoms with van der Waals surface area (Å²) in [6, 6.07) is 1.81. The number of benzene rings is 1. The van der Waals surface area contributed by atoms with Crippen LogP contribution in [0.2, 0.25) is 0 Å². The number of hydrogen-bond acceptors (Lipinski definition) is 2. The van der Waals surface area contributed by atoms with Crippen LogP contribution in [0.3, 0.4) is 0 Å². The second-order valence-electron chi connectivity index (χ2n) is 3.05. The molecule has 0 aliphatic rings. The Bertz CT molecular complexity index is 438.